The lowest BCUT2D eigenvalue weighted by atomic mass is 10.0. The summed E-state index contributed by atoms with van der Waals surface area (Å²) in [6.45, 7) is 1.85. The molecule has 1 unspecified atom stereocenters. The van der Waals surface area contributed by atoms with Crippen molar-refractivity contribution in [3.8, 4) is 17.2 Å². The summed E-state index contributed by atoms with van der Waals surface area (Å²) in [4.78, 5) is 13.3. The Labute approximate surface area is 230 Å². The van der Waals surface area contributed by atoms with E-state index in [1.807, 2.05) is 84.4 Å². The second-order valence-electron chi connectivity index (χ2n) is 9.08. The molecule has 10 heteroatoms. The molecule has 2 atom stereocenters. The number of carbonyl (C=O) groups is 1. The zero-order chi connectivity index (χ0) is 27.6. The molecule has 39 heavy (non-hydrogen) atoms. The number of hydrogen-bond donors (Lipinski definition) is 1. The first kappa shape index (κ1) is 26.5. The Morgan fingerprint density at radius 1 is 0.974 bits per heavy atom. The van der Waals surface area contributed by atoms with E-state index in [9.17, 15) is 13.2 Å². The van der Waals surface area contributed by atoms with Crippen molar-refractivity contribution < 1.29 is 22.7 Å². The number of para-hydroxylation sites is 1. The highest BCUT2D eigenvalue weighted by molar-refractivity contribution is 7.92. The summed E-state index contributed by atoms with van der Waals surface area (Å²) >= 11 is 0.939. The summed E-state index contributed by atoms with van der Waals surface area (Å²) in [5.74, 6) is 0.897. The maximum Gasteiger partial charge on any atom is 0.261 e. The van der Waals surface area contributed by atoms with Crippen molar-refractivity contribution in [2.75, 3.05) is 13.4 Å². The molecule has 0 spiro atoms. The summed E-state index contributed by atoms with van der Waals surface area (Å²) in [7, 11) is -1.80. The largest absolute Gasteiger partial charge is 0.497 e. The van der Waals surface area contributed by atoms with Gasteiger partial charge < -0.3 is 14.8 Å². The van der Waals surface area contributed by atoms with Crippen LogP contribution in [0.2, 0.25) is 0 Å². The van der Waals surface area contributed by atoms with Crippen molar-refractivity contribution in [3.05, 3.63) is 102 Å². The summed E-state index contributed by atoms with van der Waals surface area (Å²) in [6.07, 6.45) is 2.34. The number of nitrogens with one attached hydrogen (secondary N) is 1. The lowest BCUT2D eigenvalue weighted by Gasteiger charge is -2.27. The van der Waals surface area contributed by atoms with Crippen molar-refractivity contribution in [2.24, 2.45) is 0 Å². The molecule has 0 bridgehead atoms. The Morgan fingerprint density at radius 3 is 2.49 bits per heavy atom. The molecule has 0 saturated carbocycles. The highest BCUT2D eigenvalue weighted by atomic mass is 32.2. The summed E-state index contributed by atoms with van der Waals surface area (Å²) in [6, 6.07) is 25.6. The van der Waals surface area contributed by atoms with Gasteiger partial charge in [-0.05, 0) is 67.1 Å². The number of nitrogens with zero attached hydrogens (tertiary/aromatic N) is 2. The monoisotopic (exact) mass is 561 g/mol. The van der Waals surface area contributed by atoms with Crippen molar-refractivity contribution >= 4 is 38.0 Å². The van der Waals surface area contributed by atoms with Gasteiger partial charge in [-0.1, -0.05) is 30.3 Å². The predicted octanol–water partition coefficient (Wildman–Crippen LogP) is 5.44. The number of carbonyl (C=O) groups excluding carboxylic acids is 1. The van der Waals surface area contributed by atoms with E-state index in [0.29, 0.717) is 16.4 Å². The molecule has 0 saturated heterocycles. The lowest BCUT2D eigenvalue weighted by Crippen LogP contribution is -2.39. The van der Waals surface area contributed by atoms with E-state index in [-0.39, 0.29) is 10.1 Å². The van der Waals surface area contributed by atoms with E-state index in [0.717, 1.165) is 39.7 Å². The molecule has 0 aliphatic carbocycles. The van der Waals surface area contributed by atoms with Crippen LogP contribution in [0.4, 0.5) is 0 Å². The van der Waals surface area contributed by atoms with E-state index in [2.05, 4.69) is 10.4 Å². The van der Waals surface area contributed by atoms with Gasteiger partial charge in [0.2, 0.25) is 0 Å². The lowest BCUT2D eigenvalue weighted by molar-refractivity contribution is 0.0886. The highest BCUT2D eigenvalue weighted by Gasteiger charge is 2.25. The van der Waals surface area contributed by atoms with Gasteiger partial charge in [0.05, 0.1) is 35.4 Å². The van der Waals surface area contributed by atoms with E-state index in [1.165, 1.54) is 12.1 Å². The maximum atomic E-state index is 13.0. The fraction of sp³-hybridized carbons (Fsp3) is 0.172. The molecule has 3 aromatic carbocycles. The average Bonchev–Trinajstić information content (AvgIpc) is 3.60. The molecule has 5 aromatic rings. The fourth-order valence-corrected chi connectivity index (χ4v) is 6.11. The number of ether oxygens (including phenoxy) is 2. The van der Waals surface area contributed by atoms with Gasteiger partial charge in [-0.25, -0.2) is 13.1 Å². The number of benzene rings is 3. The van der Waals surface area contributed by atoms with Gasteiger partial charge in [0.1, 0.15) is 21.8 Å². The molecular weight excluding hydrogens is 534 g/mol. The van der Waals surface area contributed by atoms with E-state index in [4.69, 9.17) is 9.47 Å². The number of aromatic nitrogens is 2. The standard InChI is InChI=1S/C29H27N3O5S2/c1-19(31-29(33)26-14-15-27(38-26)39(3,34)35)28(20-8-7-11-23(16-20)36-2)37-24-12-13-25-21(17-24)18-30-32(25)22-9-5-4-6-10-22/h4-19,28H,1-3H3,(H,31,33)/t19?,28-/m0/s1. The molecule has 0 radical (unpaired) electrons. The van der Waals surface area contributed by atoms with Crippen LogP contribution in [0.25, 0.3) is 16.6 Å². The molecule has 0 aliphatic rings. The van der Waals surface area contributed by atoms with Gasteiger partial charge >= 0.3 is 0 Å². The second kappa shape index (κ2) is 10.9. The minimum Gasteiger partial charge on any atom is -0.497 e. The van der Waals surface area contributed by atoms with Crippen LogP contribution in [-0.2, 0) is 9.84 Å². The fourth-order valence-electron chi connectivity index (χ4n) is 4.28. The molecule has 1 amide bonds. The molecule has 2 heterocycles. The Kier molecular flexibility index (Phi) is 7.40. The molecule has 1 N–H and O–H groups in total. The van der Waals surface area contributed by atoms with Crippen LogP contribution in [0.5, 0.6) is 11.5 Å². The quantitative estimate of drug-likeness (QED) is 0.257. The SMILES string of the molecule is COc1cccc([C@@H](Oc2ccc3c(cnn3-c3ccccc3)c2)C(C)NC(=O)c2ccc(S(C)(=O)=O)s2)c1. The number of hydrogen-bond acceptors (Lipinski definition) is 7. The molecule has 200 valence electrons. The van der Waals surface area contributed by atoms with E-state index < -0.39 is 22.0 Å². The van der Waals surface area contributed by atoms with Crippen LogP contribution < -0.4 is 14.8 Å². The summed E-state index contributed by atoms with van der Waals surface area (Å²) < 4.78 is 37.6. The van der Waals surface area contributed by atoms with Gasteiger partial charge in [0.25, 0.3) is 5.91 Å². The van der Waals surface area contributed by atoms with Gasteiger partial charge in [0, 0.05) is 11.6 Å². The Morgan fingerprint density at radius 2 is 1.77 bits per heavy atom. The third kappa shape index (κ3) is 5.81. The summed E-state index contributed by atoms with van der Waals surface area (Å²) in [5.41, 5.74) is 2.71. The molecular formula is C29H27N3O5S2. The molecule has 8 nitrogen and oxygen atoms in total. The van der Waals surface area contributed by atoms with Crippen LogP contribution in [-0.4, -0.2) is 43.5 Å². The van der Waals surface area contributed by atoms with Crippen molar-refractivity contribution in [3.63, 3.8) is 0 Å². The molecule has 5 rings (SSSR count). The first-order valence-corrected chi connectivity index (χ1v) is 14.9. The molecule has 0 aliphatic heterocycles. The van der Waals surface area contributed by atoms with Crippen LogP contribution in [0, 0.1) is 0 Å². The third-order valence-corrected chi connectivity index (χ3v) is 9.11. The maximum absolute atomic E-state index is 13.0. The van der Waals surface area contributed by atoms with Gasteiger partial charge in [0.15, 0.2) is 9.84 Å². The number of sulfone groups is 1. The topological polar surface area (TPSA) is 99.5 Å². The zero-order valence-corrected chi connectivity index (χ0v) is 23.2. The van der Waals surface area contributed by atoms with Crippen LogP contribution >= 0.6 is 11.3 Å². The van der Waals surface area contributed by atoms with Gasteiger partial charge in [-0.2, -0.15) is 5.10 Å². The minimum atomic E-state index is -3.39. The van der Waals surface area contributed by atoms with Crippen LogP contribution in [0.1, 0.15) is 28.3 Å². The van der Waals surface area contributed by atoms with E-state index >= 15 is 0 Å². The Hall–Kier alpha value is -4.15. The highest BCUT2D eigenvalue weighted by Crippen LogP contribution is 2.31. The molecule has 2 aromatic heterocycles. The smallest absolute Gasteiger partial charge is 0.261 e. The van der Waals surface area contributed by atoms with E-state index in [1.54, 1.807) is 13.3 Å². The minimum absolute atomic E-state index is 0.144. The second-order valence-corrected chi connectivity index (χ2v) is 12.4. The Bertz CT molecular complexity index is 1730. The summed E-state index contributed by atoms with van der Waals surface area (Å²) in [5, 5.41) is 8.42. The number of methoxy groups -OCH3 is 1. The van der Waals surface area contributed by atoms with Crippen molar-refractivity contribution in [1.82, 2.24) is 15.1 Å². The first-order valence-electron chi connectivity index (χ1n) is 12.2. The zero-order valence-electron chi connectivity index (χ0n) is 21.6. The predicted molar refractivity (Wildman–Crippen MR) is 152 cm³/mol. The van der Waals surface area contributed by atoms with Gasteiger partial charge in [-0.3, -0.25) is 4.79 Å². The van der Waals surface area contributed by atoms with Crippen LogP contribution in [0.3, 0.4) is 0 Å². The van der Waals surface area contributed by atoms with Crippen LogP contribution in [0.15, 0.2) is 95.3 Å². The first-order chi connectivity index (χ1) is 18.7. The van der Waals surface area contributed by atoms with Gasteiger partial charge in [-0.15, -0.1) is 11.3 Å². The number of fused-ring (bicyclic) bond motifs is 1. The number of amides is 1. The average molecular weight is 562 g/mol. The number of thiophene rings is 1. The molecule has 0 fully saturated rings. The number of rotatable bonds is 9. The van der Waals surface area contributed by atoms with Crippen molar-refractivity contribution in [2.45, 2.75) is 23.3 Å². The normalized spacial score (nSPS) is 13.1. The third-order valence-electron chi connectivity index (χ3n) is 6.21. The van der Waals surface area contributed by atoms with Crippen molar-refractivity contribution in [1.29, 1.82) is 0 Å². The Balaban J connectivity index is 1.43.